The Kier molecular flexibility index (Phi) is 4.25. The van der Waals surface area contributed by atoms with Crippen LogP contribution < -0.4 is 5.32 Å². The lowest BCUT2D eigenvalue weighted by molar-refractivity contribution is 0.0635. The van der Waals surface area contributed by atoms with E-state index in [1.807, 2.05) is 0 Å². The van der Waals surface area contributed by atoms with Gasteiger partial charge in [0.2, 0.25) is 0 Å². The molecule has 0 aromatic heterocycles. The molecule has 0 amide bonds. The predicted molar refractivity (Wildman–Crippen MR) is 76.7 cm³/mol. The second-order valence-corrected chi connectivity index (χ2v) is 6.83. The normalized spacial score (nSPS) is 38.2. The van der Waals surface area contributed by atoms with Gasteiger partial charge in [0.05, 0.1) is 0 Å². The van der Waals surface area contributed by atoms with Crippen molar-refractivity contribution in [3.8, 4) is 0 Å². The fourth-order valence-corrected chi connectivity index (χ4v) is 3.80. The average molecular weight is 250 g/mol. The first-order chi connectivity index (χ1) is 8.86. The van der Waals surface area contributed by atoms with Crippen molar-refractivity contribution >= 4 is 0 Å². The molecule has 0 aromatic carbocycles. The molecule has 1 aliphatic heterocycles. The first-order valence-electron chi connectivity index (χ1n) is 8.34. The van der Waals surface area contributed by atoms with Crippen molar-refractivity contribution in [2.75, 3.05) is 19.6 Å². The molecule has 104 valence electrons. The van der Waals surface area contributed by atoms with Crippen LogP contribution in [0.3, 0.4) is 0 Å². The third kappa shape index (κ3) is 3.08. The van der Waals surface area contributed by atoms with Gasteiger partial charge in [0.1, 0.15) is 0 Å². The van der Waals surface area contributed by atoms with Crippen LogP contribution in [0.1, 0.15) is 58.3 Å². The van der Waals surface area contributed by atoms with E-state index in [4.69, 9.17) is 0 Å². The second-order valence-electron chi connectivity index (χ2n) is 6.83. The van der Waals surface area contributed by atoms with E-state index in [2.05, 4.69) is 17.1 Å². The Bertz CT molecular complexity index is 262. The van der Waals surface area contributed by atoms with Crippen LogP contribution in [0.15, 0.2) is 0 Å². The summed E-state index contributed by atoms with van der Waals surface area (Å²) in [6, 6.07) is 1.81. The number of rotatable bonds is 5. The molecular weight excluding hydrogens is 220 g/mol. The fourth-order valence-electron chi connectivity index (χ4n) is 3.80. The summed E-state index contributed by atoms with van der Waals surface area (Å²) in [4.78, 5) is 2.83. The van der Waals surface area contributed by atoms with E-state index in [1.54, 1.807) is 0 Å². The number of hydrogen-bond acceptors (Lipinski definition) is 2. The Morgan fingerprint density at radius 2 is 1.89 bits per heavy atom. The van der Waals surface area contributed by atoms with E-state index in [0.29, 0.717) is 0 Å². The summed E-state index contributed by atoms with van der Waals surface area (Å²) in [6.45, 7) is 6.42. The Hall–Kier alpha value is -0.0800. The maximum Gasteiger partial charge on any atom is 0.0136 e. The maximum absolute atomic E-state index is 3.74. The van der Waals surface area contributed by atoms with Crippen LogP contribution in [0.25, 0.3) is 0 Å². The lowest BCUT2D eigenvalue weighted by Crippen LogP contribution is -2.51. The van der Waals surface area contributed by atoms with Crippen molar-refractivity contribution in [2.45, 2.75) is 70.4 Å². The molecule has 3 unspecified atom stereocenters. The van der Waals surface area contributed by atoms with Gasteiger partial charge in [0.15, 0.2) is 0 Å². The number of likely N-dealkylation sites (tertiary alicyclic amines) is 1. The first kappa shape index (κ1) is 12.9. The minimum atomic E-state index is 0.889. The largest absolute Gasteiger partial charge is 0.314 e. The van der Waals surface area contributed by atoms with E-state index in [-0.39, 0.29) is 0 Å². The van der Waals surface area contributed by atoms with Gasteiger partial charge in [-0.3, -0.25) is 0 Å². The summed E-state index contributed by atoms with van der Waals surface area (Å²) in [6.07, 6.45) is 11.6. The Labute approximate surface area is 113 Å². The van der Waals surface area contributed by atoms with Crippen LogP contribution in [-0.2, 0) is 0 Å². The number of nitrogens with one attached hydrogen (secondary N) is 1. The molecule has 3 fully saturated rings. The van der Waals surface area contributed by atoms with Crippen molar-refractivity contribution in [3.63, 3.8) is 0 Å². The molecule has 2 heteroatoms. The Morgan fingerprint density at radius 3 is 2.56 bits per heavy atom. The minimum Gasteiger partial charge on any atom is -0.314 e. The molecule has 0 radical (unpaired) electrons. The quantitative estimate of drug-likeness (QED) is 0.807. The maximum atomic E-state index is 3.74. The van der Waals surface area contributed by atoms with Crippen LogP contribution in [0, 0.1) is 11.8 Å². The van der Waals surface area contributed by atoms with Crippen molar-refractivity contribution in [2.24, 2.45) is 11.8 Å². The smallest absolute Gasteiger partial charge is 0.0136 e. The number of hydrogen-bond donors (Lipinski definition) is 1. The standard InChI is InChI=1S/C16H30N2/c1-2-13-4-3-10-18(11-9-13)16-8-5-14(16)12-17-15-6-7-15/h13-17H,2-12H2,1H3. The van der Waals surface area contributed by atoms with Gasteiger partial charge in [-0.05, 0) is 76.4 Å². The summed E-state index contributed by atoms with van der Waals surface area (Å²) < 4.78 is 0. The van der Waals surface area contributed by atoms with E-state index in [9.17, 15) is 0 Å². The van der Waals surface area contributed by atoms with Gasteiger partial charge in [0.25, 0.3) is 0 Å². The average Bonchev–Trinajstić information content (AvgIpc) is 3.15. The molecule has 1 saturated heterocycles. The zero-order chi connectivity index (χ0) is 12.4. The lowest BCUT2D eigenvalue weighted by atomic mass is 9.78. The van der Waals surface area contributed by atoms with Crippen LogP contribution in [-0.4, -0.2) is 36.6 Å². The number of nitrogens with zero attached hydrogens (tertiary/aromatic N) is 1. The second kappa shape index (κ2) is 5.92. The molecule has 3 rings (SSSR count). The lowest BCUT2D eigenvalue weighted by Gasteiger charge is -2.44. The highest BCUT2D eigenvalue weighted by molar-refractivity contribution is 4.93. The molecule has 18 heavy (non-hydrogen) atoms. The Balaban J connectivity index is 1.44. The van der Waals surface area contributed by atoms with E-state index < -0.39 is 0 Å². The van der Waals surface area contributed by atoms with Crippen molar-refractivity contribution in [1.82, 2.24) is 10.2 Å². The Morgan fingerprint density at radius 1 is 1.00 bits per heavy atom. The van der Waals surface area contributed by atoms with Gasteiger partial charge in [-0.1, -0.05) is 13.3 Å². The van der Waals surface area contributed by atoms with Crippen LogP contribution >= 0.6 is 0 Å². The monoisotopic (exact) mass is 250 g/mol. The summed E-state index contributed by atoms with van der Waals surface area (Å²) in [5, 5.41) is 3.74. The molecule has 3 atom stereocenters. The highest BCUT2D eigenvalue weighted by Gasteiger charge is 2.36. The van der Waals surface area contributed by atoms with Crippen molar-refractivity contribution in [3.05, 3.63) is 0 Å². The molecule has 3 aliphatic rings. The van der Waals surface area contributed by atoms with Crippen LogP contribution in [0.4, 0.5) is 0 Å². The van der Waals surface area contributed by atoms with Crippen molar-refractivity contribution in [1.29, 1.82) is 0 Å². The summed E-state index contributed by atoms with van der Waals surface area (Å²) in [5.74, 6) is 1.97. The first-order valence-corrected chi connectivity index (χ1v) is 8.34. The minimum absolute atomic E-state index is 0.889. The van der Waals surface area contributed by atoms with E-state index >= 15 is 0 Å². The molecule has 2 nitrogen and oxygen atoms in total. The molecule has 1 N–H and O–H groups in total. The van der Waals surface area contributed by atoms with Crippen molar-refractivity contribution < 1.29 is 0 Å². The van der Waals surface area contributed by atoms with Gasteiger partial charge in [-0.2, -0.15) is 0 Å². The van der Waals surface area contributed by atoms with Gasteiger partial charge >= 0.3 is 0 Å². The summed E-state index contributed by atoms with van der Waals surface area (Å²) in [5.41, 5.74) is 0. The summed E-state index contributed by atoms with van der Waals surface area (Å²) in [7, 11) is 0. The highest BCUT2D eigenvalue weighted by Crippen LogP contribution is 2.34. The van der Waals surface area contributed by atoms with E-state index in [0.717, 1.165) is 23.9 Å². The molecular formula is C16H30N2. The third-order valence-corrected chi connectivity index (χ3v) is 5.55. The highest BCUT2D eigenvalue weighted by atomic mass is 15.2. The molecule has 0 spiro atoms. The molecule has 0 aromatic rings. The molecule has 1 heterocycles. The van der Waals surface area contributed by atoms with Gasteiger partial charge in [0, 0.05) is 12.1 Å². The van der Waals surface area contributed by atoms with Gasteiger partial charge in [-0.15, -0.1) is 0 Å². The molecule has 2 aliphatic carbocycles. The van der Waals surface area contributed by atoms with Crippen LogP contribution in [0.2, 0.25) is 0 Å². The van der Waals surface area contributed by atoms with E-state index in [1.165, 1.54) is 71.0 Å². The predicted octanol–water partition coefficient (Wildman–Crippen LogP) is 3.03. The zero-order valence-corrected chi connectivity index (χ0v) is 12.0. The fraction of sp³-hybridized carbons (Fsp3) is 1.00. The van der Waals surface area contributed by atoms with Gasteiger partial charge < -0.3 is 10.2 Å². The third-order valence-electron chi connectivity index (χ3n) is 5.55. The SMILES string of the molecule is CCC1CCCN(C2CCC2CNC2CC2)CC1. The van der Waals surface area contributed by atoms with Gasteiger partial charge in [-0.25, -0.2) is 0 Å². The zero-order valence-electron chi connectivity index (χ0n) is 12.0. The topological polar surface area (TPSA) is 15.3 Å². The summed E-state index contributed by atoms with van der Waals surface area (Å²) >= 11 is 0. The molecule has 0 bridgehead atoms. The molecule has 2 saturated carbocycles. The van der Waals surface area contributed by atoms with Crippen LogP contribution in [0.5, 0.6) is 0 Å².